The second kappa shape index (κ2) is 7.94. The van der Waals surface area contributed by atoms with Gasteiger partial charge in [-0.3, -0.25) is 0 Å². The number of tetrazole rings is 1. The maximum Gasteiger partial charge on any atom is 0.227 e. The number of benzene rings is 2. The molecule has 8 nitrogen and oxygen atoms in total. The Hall–Kier alpha value is -3.99. The summed E-state index contributed by atoms with van der Waals surface area (Å²) in [7, 11) is 0. The number of nitrogens with one attached hydrogen (secondary N) is 2. The van der Waals surface area contributed by atoms with Crippen molar-refractivity contribution in [3.63, 3.8) is 0 Å². The highest BCUT2D eigenvalue weighted by atomic mass is 16.3. The van der Waals surface area contributed by atoms with Gasteiger partial charge in [-0.25, -0.2) is 4.98 Å². The zero-order chi connectivity index (χ0) is 20.2. The Kier molecular flexibility index (Phi) is 5.03. The molecule has 1 atom stereocenters. The van der Waals surface area contributed by atoms with Crippen molar-refractivity contribution in [2.75, 3.05) is 5.32 Å². The van der Waals surface area contributed by atoms with Crippen LogP contribution in [0.1, 0.15) is 37.6 Å². The quantitative estimate of drug-likeness (QED) is 0.469. The van der Waals surface area contributed by atoms with Crippen LogP contribution in [-0.4, -0.2) is 25.6 Å². The minimum Gasteiger partial charge on any atom is -0.436 e. The number of fused-ring (bicyclic) bond motifs is 1. The number of hydrogen-bond donors (Lipinski definition) is 2. The van der Waals surface area contributed by atoms with E-state index in [4.69, 9.17) is 4.42 Å². The first-order chi connectivity index (χ1) is 14.2. The smallest absolute Gasteiger partial charge is 0.227 e. The number of rotatable bonds is 6. The highest BCUT2D eigenvalue weighted by Gasteiger charge is 2.11. The van der Waals surface area contributed by atoms with Crippen molar-refractivity contribution in [1.82, 2.24) is 25.6 Å². The van der Waals surface area contributed by atoms with Gasteiger partial charge in [0, 0.05) is 17.5 Å². The van der Waals surface area contributed by atoms with E-state index in [0.717, 1.165) is 28.8 Å². The lowest BCUT2D eigenvalue weighted by Gasteiger charge is -2.07. The molecule has 0 spiro atoms. The highest BCUT2D eigenvalue weighted by Crippen LogP contribution is 2.28. The van der Waals surface area contributed by atoms with E-state index in [1.807, 2.05) is 36.4 Å². The minimum absolute atomic E-state index is 0.236. The topological polar surface area (TPSA) is 116 Å². The first kappa shape index (κ1) is 18.4. The number of nitriles is 1. The molecule has 0 bridgehead atoms. The van der Waals surface area contributed by atoms with E-state index in [1.165, 1.54) is 11.8 Å². The van der Waals surface area contributed by atoms with Crippen LogP contribution >= 0.6 is 0 Å². The number of allylic oxidation sites excluding steroid dienone is 1. The lowest BCUT2D eigenvalue weighted by molar-refractivity contribution is 0.619. The summed E-state index contributed by atoms with van der Waals surface area (Å²) in [6.07, 6.45) is 2.62. The van der Waals surface area contributed by atoms with Gasteiger partial charge in [-0.2, -0.15) is 10.5 Å². The summed E-state index contributed by atoms with van der Waals surface area (Å²) in [6.45, 7) is 4.38. The van der Waals surface area contributed by atoms with Gasteiger partial charge in [0.25, 0.3) is 0 Å². The van der Waals surface area contributed by atoms with E-state index >= 15 is 0 Å². The molecular formula is C21H19N7O. The van der Waals surface area contributed by atoms with Gasteiger partial charge in [-0.1, -0.05) is 19.9 Å². The maximum atomic E-state index is 9.21. The lowest BCUT2D eigenvalue weighted by atomic mass is 9.98. The molecule has 144 valence electrons. The second-order valence-electron chi connectivity index (χ2n) is 6.68. The second-order valence-corrected chi connectivity index (χ2v) is 6.68. The molecule has 0 saturated heterocycles. The molecule has 0 aliphatic carbocycles. The van der Waals surface area contributed by atoms with Gasteiger partial charge in [0.15, 0.2) is 5.58 Å². The third kappa shape index (κ3) is 3.84. The Morgan fingerprint density at radius 2 is 2.10 bits per heavy atom. The van der Waals surface area contributed by atoms with Gasteiger partial charge in [-0.05, 0) is 59.5 Å². The van der Waals surface area contributed by atoms with Crippen LogP contribution < -0.4 is 5.32 Å². The lowest BCUT2D eigenvalue weighted by Crippen LogP contribution is -1.93. The van der Waals surface area contributed by atoms with Crippen molar-refractivity contribution in [2.24, 2.45) is 0 Å². The van der Waals surface area contributed by atoms with Crippen molar-refractivity contribution in [1.29, 1.82) is 5.26 Å². The van der Waals surface area contributed by atoms with Crippen LogP contribution in [0.5, 0.6) is 0 Å². The zero-order valence-electron chi connectivity index (χ0n) is 16.0. The predicted octanol–water partition coefficient (Wildman–Crippen LogP) is 4.50. The monoisotopic (exact) mass is 385 g/mol. The zero-order valence-corrected chi connectivity index (χ0v) is 16.0. The molecule has 0 fully saturated rings. The molecule has 1 unspecified atom stereocenters. The number of H-pyrrole nitrogens is 1. The third-order valence-corrected chi connectivity index (χ3v) is 4.81. The van der Waals surface area contributed by atoms with Gasteiger partial charge < -0.3 is 9.73 Å². The van der Waals surface area contributed by atoms with Crippen molar-refractivity contribution >= 4 is 22.4 Å². The van der Waals surface area contributed by atoms with Crippen LogP contribution in [0.25, 0.3) is 28.1 Å². The van der Waals surface area contributed by atoms with E-state index in [1.54, 1.807) is 0 Å². The largest absolute Gasteiger partial charge is 0.436 e. The molecule has 2 heterocycles. The summed E-state index contributed by atoms with van der Waals surface area (Å²) >= 11 is 0. The van der Waals surface area contributed by atoms with Gasteiger partial charge >= 0.3 is 0 Å². The fourth-order valence-corrected chi connectivity index (χ4v) is 2.90. The summed E-state index contributed by atoms with van der Waals surface area (Å²) in [6, 6.07) is 15.8. The van der Waals surface area contributed by atoms with E-state index in [0.29, 0.717) is 11.8 Å². The van der Waals surface area contributed by atoms with Crippen LogP contribution in [0.3, 0.4) is 0 Å². The Morgan fingerprint density at radius 1 is 1.28 bits per heavy atom. The molecule has 4 rings (SSSR count). The third-order valence-electron chi connectivity index (χ3n) is 4.81. The Morgan fingerprint density at radius 3 is 2.79 bits per heavy atom. The number of nitrogens with zero attached hydrogens (tertiary/aromatic N) is 5. The normalized spacial score (nSPS) is 12.7. The van der Waals surface area contributed by atoms with Crippen LogP contribution in [0.15, 0.2) is 53.1 Å². The van der Waals surface area contributed by atoms with E-state index in [-0.39, 0.29) is 11.4 Å². The van der Waals surface area contributed by atoms with Gasteiger partial charge in [-0.15, -0.1) is 10.2 Å². The molecule has 2 N–H and O–H groups in total. The molecule has 8 heteroatoms. The first-order valence-electron chi connectivity index (χ1n) is 9.29. The summed E-state index contributed by atoms with van der Waals surface area (Å²) in [5.74, 6) is 1.30. The van der Waals surface area contributed by atoms with Crippen molar-refractivity contribution in [2.45, 2.75) is 26.2 Å². The van der Waals surface area contributed by atoms with Crippen LogP contribution in [0, 0.1) is 11.3 Å². The number of oxazole rings is 1. The fourth-order valence-electron chi connectivity index (χ4n) is 2.90. The Labute approximate surface area is 167 Å². The maximum absolute atomic E-state index is 9.21. The van der Waals surface area contributed by atoms with Crippen molar-refractivity contribution in [3.8, 4) is 17.5 Å². The van der Waals surface area contributed by atoms with Crippen LogP contribution in [-0.2, 0) is 0 Å². The molecule has 4 aromatic rings. The minimum atomic E-state index is 0.236. The molecule has 0 aliphatic rings. The van der Waals surface area contributed by atoms with E-state index in [9.17, 15) is 5.26 Å². The van der Waals surface area contributed by atoms with E-state index in [2.05, 4.69) is 56.9 Å². The summed E-state index contributed by atoms with van der Waals surface area (Å²) in [4.78, 5) is 4.64. The molecular weight excluding hydrogens is 366 g/mol. The van der Waals surface area contributed by atoms with Crippen LogP contribution in [0.4, 0.5) is 5.69 Å². The Balaban J connectivity index is 1.54. The molecule has 0 aliphatic heterocycles. The first-order valence-corrected chi connectivity index (χ1v) is 9.29. The summed E-state index contributed by atoms with van der Waals surface area (Å²) in [5.41, 5.74) is 4.86. The fraction of sp³-hybridized carbons (Fsp3) is 0.190. The number of aromatic nitrogens is 5. The molecule has 0 saturated carbocycles. The highest BCUT2D eigenvalue weighted by molar-refractivity contribution is 5.78. The molecule has 0 radical (unpaired) electrons. The van der Waals surface area contributed by atoms with Gasteiger partial charge in [0.1, 0.15) is 17.2 Å². The standard InChI is InChI=1S/C21H19N7O/c1-3-13(2)15-6-9-19-18(10-15)24-21(29-19)14-4-7-17(8-5-14)23-12-16(11-22)20-25-27-28-26-20/h4-10,12-13,23H,3H2,1-2H3,(H,25,26,27,28). The SMILES string of the molecule is CCC(C)c1ccc2oc(-c3ccc(NC=C(C#N)c4nn[nH]n4)cc3)nc2c1. The summed E-state index contributed by atoms with van der Waals surface area (Å²) < 4.78 is 5.91. The number of anilines is 1. The average molecular weight is 385 g/mol. The van der Waals surface area contributed by atoms with Crippen molar-refractivity contribution < 1.29 is 4.42 Å². The molecule has 2 aromatic carbocycles. The average Bonchev–Trinajstić information content (AvgIpc) is 3.43. The van der Waals surface area contributed by atoms with Crippen molar-refractivity contribution in [3.05, 3.63) is 60.1 Å². The number of aromatic amines is 1. The number of hydrogen-bond acceptors (Lipinski definition) is 7. The van der Waals surface area contributed by atoms with Gasteiger partial charge in [0.2, 0.25) is 11.7 Å². The molecule has 0 amide bonds. The Bertz CT molecular complexity index is 1180. The van der Waals surface area contributed by atoms with Crippen LogP contribution in [0.2, 0.25) is 0 Å². The molecule has 2 aromatic heterocycles. The summed E-state index contributed by atoms with van der Waals surface area (Å²) in [5, 5.41) is 25.6. The molecule has 29 heavy (non-hydrogen) atoms. The van der Waals surface area contributed by atoms with E-state index < -0.39 is 0 Å². The predicted molar refractivity (Wildman–Crippen MR) is 110 cm³/mol. The van der Waals surface area contributed by atoms with Gasteiger partial charge in [0.05, 0.1) is 0 Å².